The van der Waals surface area contributed by atoms with Gasteiger partial charge >= 0.3 is 15.2 Å². The van der Waals surface area contributed by atoms with Crippen LogP contribution in [0.3, 0.4) is 0 Å². The Labute approximate surface area is 50.8 Å². The Bertz CT molecular complexity index is 45.3. The molecular formula is C5H11AlO. The Hall–Kier alpha value is 0.202. The Balaban J connectivity index is 2.56. The Morgan fingerprint density at radius 3 is 2.86 bits per heavy atom. The van der Waals surface area contributed by atoms with E-state index in [1.54, 1.807) is 0 Å². The van der Waals surface area contributed by atoms with E-state index in [0.29, 0.717) is 0 Å². The molecule has 0 saturated heterocycles. The molecule has 0 unspecified atom stereocenters. The van der Waals surface area contributed by atoms with E-state index in [-0.39, 0.29) is 15.2 Å². The fourth-order valence-electron chi connectivity index (χ4n) is 0.478. The van der Waals surface area contributed by atoms with E-state index >= 15 is 0 Å². The van der Waals surface area contributed by atoms with Crippen molar-refractivity contribution in [2.75, 3.05) is 0 Å². The van der Waals surface area contributed by atoms with Crippen molar-refractivity contribution < 1.29 is 4.79 Å². The van der Waals surface area contributed by atoms with E-state index < -0.39 is 0 Å². The van der Waals surface area contributed by atoms with Gasteiger partial charge in [-0.1, -0.05) is 25.0 Å². The van der Waals surface area contributed by atoms with Crippen LogP contribution in [0.15, 0.2) is 0 Å². The van der Waals surface area contributed by atoms with E-state index in [9.17, 15) is 4.79 Å². The van der Waals surface area contributed by atoms with Crippen LogP contribution in [-0.4, -0.2) is 20.4 Å². The molecule has 0 aliphatic rings. The van der Waals surface area contributed by atoms with E-state index in [1.807, 2.05) is 0 Å². The molecule has 0 spiro atoms. The molecule has 0 atom stereocenters. The van der Waals surface area contributed by atoms with Crippen molar-refractivity contribution in [3.05, 3.63) is 0 Å². The molecule has 0 N–H and O–H groups in total. The lowest BCUT2D eigenvalue weighted by molar-refractivity contribution is 0.568. The first-order valence-corrected chi connectivity index (χ1v) is 4.67. The van der Waals surface area contributed by atoms with Crippen LogP contribution in [0.25, 0.3) is 0 Å². The first-order chi connectivity index (χ1) is 3.41. The van der Waals surface area contributed by atoms with Gasteiger partial charge in [-0.05, 0) is 0 Å². The van der Waals surface area contributed by atoms with Crippen molar-refractivity contribution in [3.8, 4) is 0 Å². The summed E-state index contributed by atoms with van der Waals surface area (Å²) in [5.41, 5.74) is 0. The van der Waals surface area contributed by atoms with E-state index in [2.05, 4.69) is 6.92 Å². The molecule has 40 valence electrons. The molecule has 2 heteroatoms. The molecule has 0 radical (unpaired) electrons. The average Bonchev–Trinajstić information content (AvgIpc) is 1.69. The van der Waals surface area contributed by atoms with Gasteiger partial charge in [0.15, 0.2) is 0 Å². The standard InChI is InChI=1S/C4H9.CHO.Al.H/c1-3-4-2;1-2;;/h1,3-4H2,2H3;1H;;. The zero-order chi connectivity index (χ0) is 5.54. The first kappa shape index (κ1) is 7.20. The maximum absolute atomic E-state index is 9.74. The molecular weight excluding hydrogens is 103 g/mol. The van der Waals surface area contributed by atoms with Gasteiger partial charge in [0, 0.05) is 5.15 Å². The van der Waals surface area contributed by atoms with Crippen LogP contribution in [-0.2, 0) is 4.79 Å². The topological polar surface area (TPSA) is 17.1 Å². The van der Waals surface area contributed by atoms with Crippen LogP contribution in [0.4, 0.5) is 0 Å². The minimum absolute atomic E-state index is 0.270. The molecule has 0 rings (SSSR count). The highest BCUT2D eigenvalue weighted by Crippen LogP contribution is 1.90. The van der Waals surface area contributed by atoms with Crippen molar-refractivity contribution in [1.82, 2.24) is 0 Å². The second-order valence-corrected chi connectivity index (χ2v) is 3.28. The normalized spacial score (nSPS) is 8.14. The van der Waals surface area contributed by atoms with Crippen LogP contribution >= 0.6 is 0 Å². The SMILES string of the molecule is CCC[CH2][AlH][CH]=O. The maximum atomic E-state index is 9.74. The van der Waals surface area contributed by atoms with Gasteiger partial charge < -0.3 is 4.79 Å². The molecule has 7 heavy (non-hydrogen) atoms. The molecule has 0 aliphatic carbocycles. The number of hydrogen-bond acceptors (Lipinski definition) is 1. The lowest BCUT2D eigenvalue weighted by Gasteiger charge is -1.83. The van der Waals surface area contributed by atoms with E-state index in [1.165, 1.54) is 18.1 Å². The van der Waals surface area contributed by atoms with Crippen molar-refractivity contribution in [1.29, 1.82) is 0 Å². The van der Waals surface area contributed by atoms with Gasteiger partial charge in [0.05, 0.1) is 0 Å². The third-order valence-corrected chi connectivity index (χ3v) is 2.07. The van der Waals surface area contributed by atoms with Crippen LogP contribution in [0.1, 0.15) is 19.8 Å². The zero-order valence-corrected chi connectivity index (χ0v) is 6.23. The fraction of sp³-hybridized carbons (Fsp3) is 0.800. The molecule has 0 saturated carbocycles. The molecule has 1 nitrogen and oxygen atoms in total. The van der Waals surface area contributed by atoms with E-state index in [4.69, 9.17) is 0 Å². The van der Waals surface area contributed by atoms with Gasteiger partial charge in [0.25, 0.3) is 0 Å². The second-order valence-electron chi connectivity index (χ2n) is 1.66. The summed E-state index contributed by atoms with van der Waals surface area (Å²) in [7, 11) is 0. The van der Waals surface area contributed by atoms with Crippen LogP contribution in [0, 0.1) is 0 Å². The molecule has 0 aliphatic heterocycles. The summed E-state index contributed by atoms with van der Waals surface area (Å²) in [5, 5.41) is 2.33. The zero-order valence-electron chi connectivity index (χ0n) is 4.81. The molecule has 0 aromatic rings. The summed E-state index contributed by atoms with van der Waals surface area (Å²) >= 11 is -0.270. The molecule has 0 heterocycles. The highest BCUT2D eigenvalue weighted by Gasteiger charge is 1.86. The number of rotatable bonds is 4. The van der Waals surface area contributed by atoms with Crippen LogP contribution in [0.5, 0.6) is 0 Å². The van der Waals surface area contributed by atoms with Crippen molar-refractivity contribution in [2.45, 2.75) is 25.0 Å². The summed E-state index contributed by atoms with van der Waals surface area (Å²) in [6, 6.07) is 0. The minimum atomic E-state index is -0.270. The third kappa shape index (κ3) is 6.20. The van der Waals surface area contributed by atoms with Gasteiger partial charge in [-0.3, -0.25) is 0 Å². The lowest BCUT2D eigenvalue weighted by atomic mass is 10.4. The van der Waals surface area contributed by atoms with Gasteiger partial charge in [0.1, 0.15) is 0 Å². The van der Waals surface area contributed by atoms with Gasteiger partial charge in [0.2, 0.25) is 0 Å². The van der Waals surface area contributed by atoms with Crippen LogP contribution < -0.4 is 0 Å². The summed E-state index contributed by atoms with van der Waals surface area (Å²) in [6.07, 6.45) is 2.49. The molecule has 0 aromatic heterocycles. The predicted molar refractivity (Wildman–Crippen MR) is 33.6 cm³/mol. The lowest BCUT2D eigenvalue weighted by Crippen LogP contribution is -1.88. The van der Waals surface area contributed by atoms with E-state index in [0.717, 1.165) is 5.15 Å². The quantitative estimate of drug-likeness (QED) is 0.300. The predicted octanol–water partition coefficient (Wildman–Crippen LogP) is 0.831. The molecule has 0 bridgehead atoms. The highest BCUT2D eigenvalue weighted by molar-refractivity contribution is 6.66. The molecule has 0 aromatic carbocycles. The summed E-state index contributed by atoms with van der Waals surface area (Å²) < 4.78 is 0. The van der Waals surface area contributed by atoms with Crippen molar-refractivity contribution in [3.63, 3.8) is 0 Å². The monoisotopic (exact) mass is 114 g/mol. The summed E-state index contributed by atoms with van der Waals surface area (Å²) in [5.74, 6) is 0. The van der Waals surface area contributed by atoms with Gasteiger partial charge in [-0.15, -0.1) is 0 Å². The number of carbonyl (C=O) groups is 1. The summed E-state index contributed by atoms with van der Waals surface area (Å²) in [4.78, 5) is 9.74. The minimum Gasteiger partial charge on any atom is -0.325 e. The smallest absolute Gasteiger partial charge is 0.325 e. The number of unbranched alkanes of at least 4 members (excludes halogenated alkanes) is 1. The Morgan fingerprint density at radius 2 is 2.43 bits per heavy atom. The molecule has 0 amide bonds. The first-order valence-electron chi connectivity index (χ1n) is 2.85. The molecule has 0 fully saturated rings. The Morgan fingerprint density at radius 1 is 1.71 bits per heavy atom. The second kappa shape index (κ2) is 6.20. The highest BCUT2D eigenvalue weighted by atomic mass is 27.1. The van der Waals surface area contributed by atoms with Crippen LogP contribution in [0.2, 0.25) is 5.28 Å². The van der Waals surface area contributed by atoms with Crippen molar-refractivity contribution in [2.24, 2.45) is 0 Å². The fourth-order valence-corrected chi connectivity index (χ4v) is 1.43. The largest absolute Gasteiger partial charge is 0.337 e. The Kier molecular flexibility index (Phi) is 6.38. The summed E-state index contributed by atoms with van der Waals surface area (Å²) in [6.45, 7) is 2.15. The maximum Gasteiger partial charge on any atom is 0.337 e. The average molecular weight is 114 g/mol. The number of hydrogen-bond donors (Lipinski definition) is 0. The number of carbonyl (C=O) groups excluding carboxylic acids is 1. The van der Waals surface area contributed by atoms with Crippen molar-refractivity contribution >= 4 is 20.4 Å². The van der Waals surface area contributed by atoms with Gasteiger partial charge in [-0.2, -0.15) is 0 Å². The third-order valence-electron chi connectivity index (χ3n) is 0.926. The van der Waals surface area contributed by atoms with Gasteiger partial charge in [-0.25, -0.2) is 0 Å².